The van der Waals surface area contributed by atoms with Gasteiger partial charge in [-0.2, -0.15) is 0 Å². The number of nitrogens with zero attached hydrogens (tertiary/aromatic N) is 1. The normalized spacial score (nSPS) is 18.7. The number of rotatable bonds is 10. The van der Waals surface area contributed by atoms with Gasteiger partial charge < -0.3 is 14.4 Å². The van der Waals surface area contributed by atoms with E-state index >= 15 is 0 Å². The smallest absolute Gasteiger partial charge is 0.0593 e. The molecular formula is C14H29NO2. The van der Waals surface area contributed by atoms with Crippen molar-refractivity contribution in [1.82, 2.24) is 4.90 Å². The monoisotopic (exact) mass is 243 g/mol. The van der Waals surface area contributed by atoms with Crippen LogP contribution in [0.25, 0.3) is 0 Å². The van der Waals surface area contributed by atoms with E-state index in [1.165, 1.54) is 32.4 Å². The molecule has 3 nitrogen and oxygen atoms in total. The van der Waals surface area contributed by atoms with E-state index in [1.54, 1.807) is 0 Å². The van der Waals surface area contributed by atoms with Crippen LogP contribution in [0.4, 0.5) is 0 Å². The second-order valence-corrected chi connectivity index (χ2v) is 4.98. The Morgan fingerprint density at radius 2 is 1.88 bits per heavy atom. The van der Waals surface area contributed by atoms with Gasteiger partial charge in [-0.05, 0) is 45.7 Å². The van der Waals surface area contributed by atoms with Crippen molar-refractivity contribution in [3.05, 3.63) is 0 Å². The summed E-state index contributed by atoms with van der Waals surface area (Å²) >= 11 is 0. The van der Waals surface area contributed by atoms with Crippen LogP contribution in [0.1, 0.15) is 46.0 Å². The van der Waals surface area contributed by atoms with Crippen LogP contribution in [-0.4, -0.2) is 50.5 Å². The Morgan fingerprint density at radius 3 is 2.59 bits per heavy atom. The van der Waals surface area contributed by atoms with E-state index in [2.05, 4.69) is 18.7 Å². The first-order chi connectivity index (χ1) is 8.33. The molecule has 1 rings (SSSR count). The van der Waals surface area contributed by atoms with Crippen LogP contribution in [0, 0.1) is 0 Å². The average molecular weight is 243 g/mol. The Kier molecular flexibility index (Phi) is 8.67. The molecule has 0 aromatic rings. The molecule has 3 heteroatoms. The first-order valence-electron chi connectivity index (χ1n) is 7.24. The second-order valence-electron chi connectivity index (χ2n) is 4.98. The van der Waals surface area contributed by atoms with Gasteiger partial charge in [-0.25, -0.2) is 0 Å². The van der Waals surface area contributed by atoms with Crippen LogP contribution in [0.15, 0.2) is 0 Å². The van der Waals surface area contributed by atoms with Gasteiger partial charge in [0.15, 0.2) is 0 Å². The number of ether oxygens (including phenoxy) is 2. The molecule has 0 radical (unpaired) electrons. The van der Waals surface area contributed by atoms with Crippen LogP contribution >= 0.6 is 0 Å². The largest absolute Gasteiger partial charge is 0.380 e. The fourth-order valence-electron chi connectivity index (χ4n) is 2.24. The van der Waals surface area contributed by atoms with E-state index in [9.17, 15) is 0 Å². The Balaban J connectivity index is 1.77. The molecule has 1 saturated heterocycles. The van der Waals surface area contributed by atoms with E-state index in [0.29, 0.717) is 6.10 Å². The lowest BCUT2D eigenvalue weighted by Gasteiger charge is -2.15. The first kappa shape index (κ1) is 14.9. The summed E-state index contributed by atoms with van der Waals surface area (Å²) in [6, 6.07) is 0. The van der Waals surface area contributed by atoms with Crippen molar-refractivity contribution in [2.24, 2.45) is 0 Å². The molecule has 0 saturated carbocycles. The minimum Gasteiger partial charge on any atom is -0.380 e. The molecule has 17 heavy (non-hydrogen) atoms. The van der Waals surface area contributed by atoms with Gasteiger partial charge in [0.25, 0.3) is 0 Å². The molecule has 0 spiro atoms. The highest BCUT2D eigenvalue weighted by Gasteiger charge is 2.10. The first-order valence-corrected chi connectivity index (χ1v) is 7.24. The molecule has 102 valence electrons. The second kappa shape index (κ2) is 9.86. The van der Waals surface area contributed by atoms with Crippen LogP contribution in [0.3, 0.4) is 0 Å². The maximum absolute atomic E-state index is 5.67. The molecule has 1 unspecified atom stereocenters. The lowest BCUT2D eigenvalue weighted by molar-refractivity contribution is 0.0355. The van der Waals surface area contributed by atoms with Crippen LogP contribution < -0.4 is 0 Å². The van der Waals surface area contributed by atoms with Crippen molar-refractivity contribution in [3.63, 3.8) is 0 Å². The molecule has 0 aromatic carbocycles. The van der Waals surface area contributed by atoms with Gasteiger partial charge in [0.05, 0.1) is 12.7 Å². The van der Waals surface area contributed by atoms with E-state index in [4.69, 9.17) is 9.47 Å². The van der Waals surface area contributed by atoms with Gasteiger partial charge in [0.2, 0.25) is 0 Å². The molecular weight excluding hydrogens is 214 g/mol. The van der Waals surface area contributed by atoms with Gasteiger partial charge in [-0.1, -0.05) is 13.3 Å². The Morgan fingerprint density at radius 1 is 1.12 bits per heavy atom. The Labute approximate surface area is 106 Å². The summed E-state index contributed by atoms with van der Waals surface area (Å²) in [6.07, 6.45) is 6.52. The fourth-order valence-corrected chi connectivity index (χ4v) is 2.24. The van der Waals surface area contributed by atoms with Gasteiger partial charge in [0, 0.05) is 19.8 Å². The third kappa shape index (κ3) is 7.74. The van der Waals surface area contributed by atoms with E-state index < -0.39 is 0 Å². The molecule has 0 N–H and O–H groups in total. The summed E-state index contributed by atoms with van der Waals surface area (Å²) in [4.78, 5) is 2.49. The standard InChI is InChI=1S/C14H29NO2/c1-3-7-14(2)17-12-6-11-16-13-10-15-8-4-5-9-15/h14H,3-13H2,1-2H3. The topological polar surface area (TPSA) is 21.7 Å². The molecule has 0 amide bonds. The predicted octanol–water partition coefficient (Wildman–Crippen LogP) is 2.69. The fraction of sp³-hybridized carbons (Fsp3) is 1.00. The van der Waals surface area contributed by atoms with Crippen LogP contribution in [-0.2, 0) is 9.47 Å². The van der Waals surface area contributed by atoms with Gasteiger partial charge in [-0.15, -0.1) is 0 Å². The van der Waals surface area contributed by atoms with Crippen molar-refractivity contribution in [1.29, 1.82) is 0 Å². The van der Waals surface area contributed by atoms with Crippen molar-refractivity contribution in [2.45, 2.75) is 52.1 Å². The summed E-state index contributed by atoms with van der Waals surface area (Å²) in [5.41, 5.74) is 0. The number of likely N-dealkylation sites (tertiary alicyclic amines) is 1. The molecule has 1 aliphatic heterocycles. The zero-order chi connectivity index (χ0) is 12.3. The summed E-state index contributed by atoms with van der Waals surface area (Å²) in [5, 5.41) is 0. The maximum Gasteiger partial charge on any atom is 0.0593 e. The quantitative estimate of drug-likeness (QED) is 0.551. The predicted molar refractivity (Wildman–Crippen MR) is 71.4 cm³/mol. The van der Waals surface area contributed by atoms with Crippen molar-refractivity contribution in [2.75, 3.05) is 39.5 Å². The Hall–Kier alpha value is -0.120. The molecule has 1 heterocycles. The van der Waals surface area contributed by atoms with Gasteiger partial charge in [0.1, 0.15) is 0 Å². The molecule has 1 aliphatic rings. The summed E-state index contributed by atoms with van der Waals surface area (Å²) in [7, 11) is 0. The van der Waals surface area contributed by atoms with E-state index in [1.807, 2.05) is 0 Å². The molecule has 0 aliphatic carbocycles. The molecule has 1 fully saturated rings. The minimum atomic E-state index is 0.407. The average Bonchev–Trinajstić information content (AvgIpc) is 2.81. The Bertz CT molecular complexity index is 170. The molecule has 0 bridgehead atoms. The van der Waals surface area contributed by atoms with Crippen molar-refractivity contribution >= 4 is 0 Å². The van der Waals surface area contributed by atoms with Gasteiger partial charge in [-0.3, -0.25) is 0 Å². The lowest BCUT2D eigenvalue weighted by atomic mass is 10.2. The summed E-state index contributed by atoms with van der Waals surface area (Å²) in [5.74, 6) is 0. The highest BCUT2D eigenvalue weighted by atomic mass is 16.5. The van der Waals surface area contributed by atoms with Crippen LogP contribution in [0.5, 0.6) is 0 Å². The third-order valence-electron chi connectivity index (χ3n) is 3.28. The number of hydrogen-bond acceptors (Lipinski definition) is 3. The SMILES string of the molecule is CCCC(C)OCCCOCCN1CCCC1. The third-order valence-corrected chi connectivity index (χ3v) is 3.28. The molecule has 0 aromatic heterocycles. The highest BCUT2D eigenvalue weighted by molar-refractivity contribution is 4.65. The molecule has 1 atom stereocenters. The lowest BCUT2D eigenvalue weighted by Crippen LogP contribution is -2.24. The van der Waals surface area contributed by atoms with Gasteiger partial charge >= 0.3 is 0 Å². The van der Waals surface area contributed by atoms with E-state index in [0.717, 1.165) is 39.2 Å². The van der Waals surface area contributed by atoms with Crippen molar-refractivity contribution < 1.29 is 9.47 Å². The summed E-state index contributed by atoms with van der Waals surface area (Å²) in [6.45, 7) is 10.5. The zero-order valence-corrected chi connectivity index (χ0v) is 11.6. The summed E-state index contributed by atoms with van der Waals surface area (Å²) < 4.78 is 11.3. The van der Waals surface area contributed by atoms with Crippen molar-refractivity contribution in [3.8, 4) is 0 Å². The zero-order valence-electron chi connectivity index (χ0n) is 11.6. The van der Waals surface area contributed by atoms with E-state index in [-0.39, 0.29) is 0 Å². The number of hydrogen-bond donors (Lipinski definition) is 0. The minimum absolute atomic E-state index is 0.407. The maximum atomic E-state index is 5.67. The highest BCUT2D eigenvalue weighted by Crippen LogP contribution is 2.06. The van der Waals surface area contributed by atoms with Crippen LogP contribution in [0.2, 0.25) is 0 Å².